The van der Waals surface area contributed by atoms with E-state index in [9.17, 15) is 0 Å². The molecule has 1 heterocycles. The number of ether oxygens (including phenoxy) is 2. The summed E-state index contributed by atoms with van der Waals surface area (Å²) in [6.45, 7) is 3.24. The third kappa shape index (κ3) is 1.68. The highest BCUT2D eigenvalue weighted by atomic mass is 16.5. The third-order valence-corrected chi connectivity index (χ3v) is 1.18. The van der Waals surface area contributed by atoms with E-state index in [0.29, 0.717) is 19.1 Å². The van der Waals surface area contributed by atoms with Gasteiger partial charge in [-0.3, -0.25) is 0 Å². The molecular formula is C6H11NO2. The summed E-state index contributed by atoms with van der Waals surface area (Å²) in [5.41, 5.74) is 0. The van der Waals surface area contributed by atoms with Crippen LogP contribution in [0.5, 0.6) is 0 Å². The van der Waals surface area contributed by atoms with Crippen molar-refractivity contribution in [2.75, 3.05) is 20.3 Å². The molecule has 0 radical (unpaired) electrons. The van der Waals surface area contributed by atoms with Gasteiger partial charge in [0.15, 0.2) is 0 Å². The van der Waals surface area contributed by atoms with Gasteiger partial charge in [0, 0.05) is 0 Å². The van der Waals surface area contributed by atoms with Crippen LogP contribution in [0.2, 0.25) is 0 Å². The zero-order valence-electron chi connectivity index (χ0n) is 5.76. The molecule has 0 saturated heterocycles. The molecule has 0 spiro atoms. The van der Waals surface area contributed by atoms with E-state index in [2.05, 4.69) is 4.99 Å². The summed E-state index contributed by atoms with van der Waals surface area (Å²) in [6.07, 6.45) is 0. The van der Waals surface area contributed by atoms with Crippen LogP contribution >= 0.6 is 0 Å². The van der Waals surface area contributed by atoms with Crippen LogP contribution < -0.4 is 0 Å². The molecule has 0 unspecified atom stereocenters. The first-order chi connectivity index (χ1) is 4.33. The molecule has 0 saturated carbocycles. The second kappa shape index (κ2) is 2.82. The van der Waals surface area contributed by atoms with Crippen LogP contribution in [0, 0.1) is 0 Å². The molecule has 0 N–H and O–H groups in total. The number of nitrogens with zero attached hydrogens (tertiary/aromatic N) is 1. The van der Waals surface area contributed by atoms with Crippen molar-refractivity contribution in [3.63, 3.8) is 0 Å². The van der Waals surface area contributed by atoms with Crippen molar-refractivity contribution in [3.05, 3.63) is 0 Å². The van der Waals surface area contributed by atoms with Crippen molar-refractivity contribution in [1.82, 2.24) is 0 Å². The van der Waals surface area contributed by atoms with E-state index in [1.54, 1.807) is 7.11 Å². The number of rotatable bonds is 0. The van der Waals surface area contributed by atoms with E-state index < -0.39 is 0 Å². The quantitative estimate of drug-likeness (QED) is 0.475. The van der Waals surface area contributed by atoms with Crippen LogP contribution in [-0.2, 0) is 9.47 Å². The topological polar surface area (TPSA) is 30.8 Å². The van der Waals surface area contributed by atoms with Gasteiger partial charge in [0.1, 0.15) is 6.61 Å². The summed E-state index contributed by atoms with van der Waals surface area (Å²) in [6, 6.07) is 0.258. The van der Waals surface area contributed by atoms with Gasteiger partial charge in [-0.1, -0.05) is 0 Å². The molecule has 9 heavy (non-hydrogen) atoms. The first-order valence-electron chi connectivity index (χ1n) is 3.01. The Hall–Kier alpha value is -0.570. The monoisotopic (exact) mass is 129 g/mol. The molecule has 52 valence electrons. The molecule has 0 aromatic carbocycles. The van der Waals surface area contributed by atoms with Crippen LogP contribution in [0.4, 0.5) is 0 Å². The molecule has 0 aromatic heterocycles. The highest BCUT2D eigenvalue weighted by Gasteiger charge is 2.09. The molecule has 1 aliphatic heterocycles. The molecule has 0 amide bonds. The molecule has 1 aliphatic rings. The van der Waals surface area contributed by atoms with Crippen LogP contribution in [0.25, 0.3) is 0 Å². The minimum Gasteiger partial charge on any atom is -0.483 e. The fourth-order valence-corrected chi connectivity index (χ4v) is 0.749. The number of hydrogen-bond donors (Lipinski definition) is 0. The molecule has 0 aliphatic carbocycles. The Morgan fingerprint density at radius 2 is 2.56 bits per heavy atom. The van der Waals surface area contributed by atoms with Gasteiger partial charge < -0.3 is 9.47 Å². The van der Waals surface area contributed by atoms with Crippen LogP contribution in [0.3, 0.4) is 0 Å². The molecule has 0 bridgehead atoms. The Morgan fingerprint density at radius 3 is 3.00 bits per heavy atom. The van der Waals surface area contributed by atoms with Crippen LogP contribution in [0.15, 0.2) is 4.99 Å². The first-order valence-corrected chi connectivity index (χ1v) is 3.01. The van der Waals surface area contributed by atoms with Crippen molar-refractivity contribution in [2.45, 2.75) is 13.0 Å². The van der Waals surface area contributed by atoms with E-state index in [4.69, 9.17) is 9.47 Å². The maximum Gasteiger partial charge on any atom is 0.210 e. The van der Waals surface area contributed by atoms with E-state index in [1.807, 2.05) is 6.92 Å². The Labute approximate surface area is 54.7 Å². The largest absolute Gasteiger partial charge is 0.483 e. The van der Waals surface area contributed by atoms with Gasteiger partial charge in [-0.25, -0.2) is 4.99 Å². The van der Waals surface area contributed by atoms with Gasteiger partial charge in [0.2, 0.25) is 5.90 Å². The third-order valence-electron chi connectivity index (χ3n) is 1.18. The predicted molar refractivity (Wildman–Crippen MR) is 34.7 cm³/mol. The number of hydrogen-bond acceptors (Lipinski definition) is 3. The average Bonchev–Trinajstić information content (AvgIpc) is 1.88. The Bertz CT molecular complexity index is 122. The number of methoxy groups -OCH3 is 1. The Balaban J connectivity index is 2.49. The van der Waals surface area contributed by atoms with Gasteiger partial charge in [0.25, 0.3) is 0 Å². The summed E-state index contributed by atoms with van der Waals surface area (Å²) in [5, 5.41) is 0. The lowest BCUT2D eigenvalue weighted by Crippen LogP contribution is -2.24. The van der Waals surface area contributed by atoms with Crippen molar-refractivity contribution in [1.29, 1.82) is 0 Å². The average molecular weight is 129 g/mol. The lowest BCUT2D eigenvalue weighted by Gasteiger charge is -2.15. The Kier molecular flexibility index (Phi) is 2.05. The standard InChI is InChI=1S/C6H11NO2/c1-5-3-9-4-6(7-5)8-2/h5H,3-4H2,1-2H3/t5-/m0/s1. The molecular weight excluding hydrogens is 118 g/mol. The first kappa shape index (κ1) is 6.55. The second-order valence-corrected chi connectivity index (χ2v) is 2.09. The minimum atomic E-state index is 0.258. The van der Waals surface area contributed by atoms with Crippen molar-refractivity contribution in [3.8, 4) is 0 Å². The summed E-state index contributed by atoms with van der Waals surface area (Å²) in [7, 11) is 1.61. The van der Waals surface area contributed by atoms with Gasteiger partial charge in [0.05, 0.1) is 19.8 Å². The molecule has 3 nitrogen and oxygen atoms in total. The fourth-order valence-electron chi connectivity index (χ4n) is 0.749. The SMILES string of the molecule is COC1=N[C@@H](C)COC1. The van der Waals surface area contributed by atoms with Crippen molar-refractivity contribution >= 4 is 5.90 Å². The second-order valence-electron chi connectivity index (χ2n) is 2.09. The van der Waals surface area contributed by atoms with Gasteiger partial charge in [-0.15, -0.1) is 0 Å². The summed E-state index contributed by atoms with van der Waals surface area (Å²) in [4.78, 5) is 4.17. The van der Waals surface area contributed by atoms with E-state index in [-0.39, 0.29) is 6.04 Å². The Morgan fingerprint density at radius 1 is 1.78 bits per heavy atom. The lowest BCUT2D eigenvalue weighted by molar-refractivity contribution is 0.129. The van der Waals surface area contributed by atoms with E-state index >= 15 is 0 Å². The normalized spacial score (nSPS) is 27.3. The smallest absolute Gasteiger partial charge is 0.210 e. The zero-order valence-corrected chi connectivity index (χ0v) is 5.76. The van der Waals surface area contributed by atoms with Crippen LogP contribution in [0.1, 0.15) is 6.92 Å². The predicted octanol–water partition coefficient (Wildman–Crippen LogP) is 0.450. The maximum atomic E-state index is 5.13. The molecule has 0 fully saturated rings. The van der Waals surface area contributed by atoms with Gasteiger partial charge in [-0.05, 0) is 6.92 Å². The zero-order chi connectivity index (χ0) is 6.69. The van der Waals surface area contributed by atoms with Crippen LogP contribution in [-0.4, -0.2) is 32.3 Å². The summed E-state index contributed by atoms with van der Waals surface area (Å²) < 4.78 is 10.0. The summed E-state index contributed by atoms with van der Waals surface area (Å²) >= 11 is 0. The molecule has 0 aromatic rings. The van der Waals surface area contributed by atoms with Gasteiger partial charge in [-0.2, -0.15) is 0 Å². The van der Waals surface area contributed by atoms with Crippen molar-refractivity contribution in [2.24, 2.45) is 4.99 Å². The minimum absolute atomic E-state index is 0.258. The van der Waals surface area contributed by atoms with Gasteiger partial charge >= 0.3 is 0 Å². The molecule has 3 heteroatoms. The van der Waals surface area contributed by atoms with E-state index in [0.717, 1.165) is 0 Å². The van der Waals surface area contributed by atoms with E-state index in [1.165, 1.54) is 0 Å². The lowest BCUT2D eigenvalue weighted by atomic mass is 10.3. The number of aliphatic imine (C=N–C) groups is 1. The highest BCUT2D eigenvalue weighted by Crippen LogP contribution is 1.99. The molecule has 1 atom stereocenters. The highest BCUT2D eigenvalue weighted by molar-refractivity contribution is 5.77. The fraction of sp³-hybridized carbons (Fsp3) is 0.833. The van der Waals surface area contributed by atoms with Crippen molar-refractivity contribution < 1.29 is 9.47 Å². The maximum absolute atomic E-state index is 5.13. The summed E-state index contributed by atoms with van der Waals surface area (Å²) in [5.74, 6) is 0.703. The molecule has 1 rings (SSSR count).